The van der Waals surface area contributed by atoms with Crippen LogP contribution < -0.4 is 0 Å². The number of aromatic nitrogens is 3. The molecule has 0 bridgehead atoms. The lowest BCUT2D eigenvalue weighted by Gasteiger charge is -2.05. The summed E-state index contributed by atoms with van der Waals surface area (Å²) in [6.07, 6.45) is 1.83. The molecule has 0 fully saturated rings. The quantitative estimate of drug-likeness (QED) is 0.549. The summed E-state index contributed by atoms with van der Waals surface area (Å²) in [7, 11) is 0. The van der Waals surface area contributed by atoms with Gasteiger partial charge >= 0.3 is 0 Å². The zero-order valence-electron chi connectivity index (χ0n) is 11.5. The molecule has 4 aromatic rings. The third-order valence-corrected chi connectivity index (χ3v) is 4.00. The van der Waals surface area contributed by atoms with Crippen LogP contribution in [0.1, 0.15) is 11.3 Å². The van der Waals surface area contributed by atoms with Gasteiger partial charge in [0, 0.05) is 22.7 Å². The molecule has 0 radical (unpaired) electrons. The molecule has 0 atom stereocenters. The molecular weight excluding hydrogens is 246 g/mol. The van der Waals surface area contributed by atoms with E-state index < -0.39 is 0 Å². The molecule has 0 aliphatic heterocycles. The fourth-order valence-corrected chi connectivity index (χ4v) is 2.92. The van der Waals surface area contributed by atoms with E-state index in [0.29, 0.717) is 0 Å². The van der Waals surface area contributed by atoms with E-state index in [1.54, 1.807) is 0 Å². The van der Waals surface area contributed by atoms with Crippen molar-refractivity contribution >= 4 is 21.9 Å². The summed E-state index contributed by atoms with van der Waals surface area (Å²) in [5.74, 6) is 0.944. The van der Waals surface area contributed by atoms with Gasteiger partial charge in [-0.1, -0.05) is 24.3 Å². The smallest absolute Gasteiger partial charge is 0.138 e. The first kappa shape index (κ1) is 11.3. The van der Waals surface area contributed by atoms with Crippen molar-refractivity contribution in [2.24, 2.45) is 0 Å². The van der Waals surface area contributed by atoms with Crippen LogP contribution >= 0.6 is 0 Å². The maximum Gasteiger partial charge on any atom is 0.138 e. The van der Waals surface area contributed by atoms with E-state index in [0.717, 1.165) is 11.5 Å². The number of benzene rings is 1. The molecule has 0 aliphatic rings. The molecule has 98 valence electrons. The van der Waals surface area contributed by atoms with Gasteiger partial charge < -0.3 is 4.98 Å². The van der Waals surface area contributed by atoms with Gasteiger partial charge in [0.05, 0.1) is 5.52 Å². The first-order chi connectivity index (χ1) is 9.77. The number of fused-ring (bicyclic) bond motifs is 3. The van der Waals surface area contributed by atoms with Crippen molar-refractivity contribution in [3.8, 4) is 5.82 Å². The fourth-order valence-electron chi connectivity index (χ4n) is 2.92. The van der Waals surface area contributed by atoms with Crippen LogP contribution in [-0.2, 0) is 0 Å². The van der Waals surface area contributed by atoms with Crippen LogP contribution in [0.25, 0.3) is 27.8 Å². The topological polar surface area (TPSA) is 33.6 Å². The van der Waals surface area contributed by atoms with Gasteiger partial charge in [-0.2, -0.15) is 0 Å². The highest BCUT2D eigenvalue weighted by atomic mass is 15.1. The van der Waals surface area contributed by atoms with Crippen molar-refractivity contribution in [3.63, 3.8) is 0 Å². The number of H-pyrrole nitrogens is 1. The average molecular weight is 261 g/mol. The van der Waals surface area contributed by atoms with Crippen molar-refractivity contribution < 1.29 is 0 Å². The normalized spacial score (nSPS) is 11.5. The molecule has 0 aliphatic carbocycles. The summed E-state index contributed by atoms with van der Waals surface area (Å²) in [6, 6.07) is 14.5. The van der Waals surface area contributed by atoms with Crippen LogP contribution in [0.5, 0.6) is 0 Å². The van der Waals surface area contributed by atoms with Gasteiger partial charge in [-0.3, -0.25) is 4.57 Å². The monoisotopic (exact) mass is 261 g/mol. The highest BCUT2D eigenvalue weighted by Crippen LogP contribution is 2.34. The Bertz CT molecular complexity index is 914. The molecule has 0 spiro atoms. The van der Waals surface area contributed by atoms with Crippen molar-refractivity contribution in [3.05, 3.63) is 59.9 Å². The number of aryl methyl sites for hydroxylation is 2. The highest BCUT2D eigenvalue weighted by molar-refractivity contribution is 6.10. The minimum absolute atomic E-state index is 0.944. The second-order valence-corrected chi connectivity index (χ2v) is 5.14. The van der Waals surface area contributed by atoms with Crippen molar-refractivity contribution in [2.75, 3.05) is 0 Å². The molecule has 0 unspecified atom stereocenters. The van der Waals surface area contributed by atoms with Gasteiger partial charge in [0.25, 0.3) is 0 Å². The Morgan fingerprint density at radius 3 is 2.60 bits per heavy atom. The van der Waals surface area contributed by atoms with Gasteiger partial charge in [0.1, 0.15) is 11.5 Å². The second-order valence-electron chi connectivity index (χ2n) is 5.14. The van der Waals surface area contributed by atoms with E-state index in [2.05, 4.69) is 52.6 Å². The highest BCUT2D eigenvalue weighted by Gasteiger charge is 2.16. The SMILES string of the molecule is Cc1[nH]c2c(c1C)c1ccccc1n2-c1ccccn1. The number of para-hydroxylation sites is 1. The molecule has 1 aromatic carbocycles. The summed E-state index contributed by atoms with van der Waals surface area (Å²) in [6.45, 7) is 4.29. The molecule has 1 N–H and O–H groups in total. The summed E-state index contributed by atoms with van der Waals surface area (Å²) < 4.78 is 2.20. The van der Waals surface area contributed by atoms with E-state index in [4.69, 9.17) is 0 Å². The summed E-state index contributed by atoms with van der Waals surface area (Å²) in [5.41, 5.74) is 4.84. The molecule has 0 amide bonds. The first-order valence-corrected chi connectivity index (χ1v) is 6.77. The number of nitrogens with one attached hydrogen (secondary N) is 1. The Kier molecular flexibility index (Phi) is 2.24. The second kappa shape index (κ2) is 3.97. The predicted molar refractivity (Wildman–Crippen MR) is 82.4 cm³/mol. The minimum Gasteiger partial charge on any atom is -0.344 e. The van der Waals surface area contributed by atoms with Gasteiger partial charge in [-0.25, -0.2) is 4.98 Å². The maximum atomic E-state index is 4.50. The van der Waals surface area contributed by atoms with Crippen molar-refractivity contribution in [2.45, 2.75) is 13.8 Å². The first-order valence-electron chi connectivity index (χ1n) is 6.77. The Morgan fingerprint density at radius 1 is 1.00 bits per heavy atom. The molecule has 4 rings (SSSR count). The lowest BCUT2D eigenvalue weighted by molar-refractivity contribution is 1.05. The molecular formula is C17H15N3. The summed E-state index contributed by atoms with van der Waals surface area (Å²) in [4.78, 5) is 8.01. The van der Waals surface area contributed by atoms with Crippen LogP contribution in [0.2, 0.25) is 0 Å². The zero-order chi connectivity index (χ0) is 13.7. The number of rotatable bonds is 1. The third-order valence-electron chi connectivity index (χ3n) is 4.00. The molecule has 20 heavy (non-hydrogen) atoms. The van der Waals surface area contributed by atoms with E-state index in [1.807, 2.05) is 24.4 Å². The maximum absolute atomic E-state index is 4.50. The van der Waals surface area contributed by atoms with Gasteiger partial charge in [0.15, 0.2) is 0 Å². The molecule has 3 aromatic heterocycles. The van der Waals surface area contributed by atoms with Crippen molar-refractivity contribution in [1.29, 1.82) is 0 Å². The average Bonchev–Trinajstić information content (AvgIpc) is 2.95. The van der Waals surface area contributed by atoms with Crippen LogP contribution in [0.4, 0.5) is 0 Å². The lowest BCUT2D eigenvalue weighted by atomic mass is 10.1. The number of hydrogen-bond donors (Lipinski definition) is 1. The molecule has 3 heteroatoms. The Labute approximate surface area is 116 Å². The summed E-state index contributed by atoms with van der Waals surface area (Å²) in [5, 5.41) is 2.57. The lowest BCUT2D eigenvalue weighted by Crippen LogP contribution is -1.96. The largest absolute Gasteiger partial charge is 0.344 e. The zero-order valence-corrected chi connectivity index (χ0v) is 11.5. The number of pyridine rings is 1. The molecule has 0 saturated heterocycles. The third kappa shape index (κ3) is 1.37. The number of aromatic amines is 1. The van der Waals surface area contributed by atoms with E-state index in [9.17, 15) is 0 Å². The van der Waals surface area contributed by atoms with E-state index >= 15 is 0 Å². The predicted octanol–water partition coefficient (Wildman–Crippen LogP) is 4.12. The molecule has 3 nitrogen and oxygen atoms in total. The number of nitrogens with zero attached hydrogens (tertiary/aromatic N) is 2. The van der Waals surface area contributed by atoms with Crippen molar-refractivity contribution in [1.82, 2.24) is 14.5 Å². The number of hydrogen-bond acceptors (Lipinski definition) is 1. The van der Waals surface area contributed by atoms with Gasteiger partial charge in [-0.15, -0.1) is 0 Å². The minimum atomic E-state index is 0.944. The standard InChI is InChI=1S/C17H15N3/c1-11-12(2)19-17-16(11)13-7-3-4-8-14(13)20(17)15-9-5-6-10-18-15/h3-10,19H,1-2H3. The van der Waals surface area contributed by atoms with Crippen LogP contribution in [0.15, 0.2) is 48.7 Å². The molecule has 0 saturated carbocycles. The fraction of sp³-hybridized carbons (Fsp3) is 0.118. The molecule has 3 heterocycles. The Morgan fingerprint density at radius 2 is 1.80 bits per heavy atom. The van der Waals surface area contributed by atoms with E-state index in [-0.39, 0.29) is 0 Å². The van der Waals surface area contributed by atoms with Crippen LogP contribution in [0, 0.1) is 13.8 Å². The van der Waals surface area contributed by atoms with E-state index in [1.165, 1.54) is 27.5 Å². The van der Waals surface area contributed by atoms with Crippen LogP contribution in [-0.4, -0.2) is 14.5 Å². The van der Waals surface area contributed by atoms with Crippen LogP contribution in [0.3, 0.4) is 0 Å². The van der Waals surface area contributed by atoms with Gasteiger partial charge in [0.2, 0.25) is 0 Å². The Hall–Kier alpha value is -2.55. The van der Waals surface area contributed by atoms with Gasteiger partial charge in [-0.05, 0) is 37.6 Å². The summed E-state index contributed by atoms with van der Waals surface area (Å²) >= 11 is 0. The Balaban J connectivity index is 2.25.